The van der Waals surface area contributed by atoms with Crippen LogP contribution in [0.1, 0.15) is 32.9 Å². The van der Waals surface area contributed by atoms with E-state index in [9.17, 15) is 0 Å². The largest absolute Gasteiger partial charge is 0.388 e. The highest BCUT2D eigenvalue weighted by atomic mass is 32.1. The van der Waals surface area contributed by atoms with Gasteiger partial charge < -0.3 is 10.6 Å². The number of hydrogen-bond acceptors (Lipinski definition) is 4. The summed E-state index contributed by atoms with van der Waals surface area (Å²) in [6.45, 7) is 7.25. The summed E-state index contributed by atoms with van der Waals surface area (Å²) in [6.07, 6.45) is 2.75. The lowest BCUT2D eigenvalue weighted by Gasteiger charge is -2.27. The maximum Gasteiger partial charge on any atom is 0.226 e. The van der Waals surface area contributed by atoms with E-state index in [0.29, 0.717) is 22.7 Å². The number of rotatable bonds is 5. The van der Waals surface area contributed by atoms with Crippen molar-refractivity contribution in [1.82, 2.24) is 9.97 Å². The van der Waals surface area contributed by atoms with E-state index in [0.717, 1.165) is 13.0 Å². The first kappa shape index (κ1) is 12.8. The molecule has 0 fully saturated rings. The van der Waals surface area contributed by atoms with Gasteiger partial charge in [0.2, 0.25) is 5.95 Å². The first-order valence-electron chi connectivity index (χ1n) is 5.49. The zero-order valence-electron chi connectivity index (χ0n) is 9.97. The fourth-order valence-corrected chi connectivity index (χ4v) is 1.61. The van der Waals surface area contributed by atoms with Crippen molar-refractivity contribution in [2.24, 2.45) is 5.73 Å². The Morgan fingerprint density at radius 2 is 2.25 bits per heavy atom. The summed E-state index contributed by atoms with van der Waals surface area (Å²) < 4.78 is 0. The van der Waals surface area contributed by atoms with E-state index in [2.05, 4.69) is 35.6 Å². The van der Waals surface area contributed by atoms with Crippen molar-refractivity contribution in [2.75, 3.05) is 11.4 Å². The van der Waals surface area contributed by atoms with Gasteiger partial charge in [-0.2, -0.15) is 0 Å². The Morgan fingerprint density at radius 1 is 1.56 bits per heavy atom. The Balaban J connectivity index is 3.01. The highest BCUT2D eigenvalue weighted by Crippen LogP contribution is 2.13. The van der Waals surface area contributed by atoms with E-state index in [1.54, 1.807) is 12.3 Å². The van der Waals surface area contributed by atoms with Gasteiger partial charge in [0.25, 0.3) is 0 Å². The van der Waals surface area contributed by atoms with Gasteiger partial charge in [0.1, 0.15) is 10.7 Å². The van der Waals surface area contributed by atoms with Crippen molar-refractivity contribution in [3.05, 3.63) is 18.0 Å². The molecule has 0 amide bonds. The summed E-state index contributed by atoms with van der Waals surface area (Å²) >= 11 is 4.91. The Bertz CT molecular complexity index is 367. The van der Waals surface area contributed by atoms with Gasteiger partial charge in [-0.3, -0.25) is 0 Å². The summed E-state index contributed by atoms with van der Waals surface area (Å²) in [6, 6.07) is 2.14. The fraction of sp³-hybridized carbons (Fsp3) is 0.545. The summed E-state index contributed by atoms with van der Waals surface area (Å²) in [5, 5.41) is 0. The molecule has 1 aromatic heterocycles. The SMILES string of the molecule is CCC(C)N(CC)c1nccc(C(N)=S)n1. The molecule has 4 nitrogen and oxygen atoms in total. The molecule has 0 aromatic carbocycles. The maximum atomic E-state index is 5.56. The lowest BCUT2D eigenvalue weighted by molar-refractivity contribution is 0.614. The van der Waals surface area contributed by atoms with E-state index < -0.39 is 0 Å². The van der Waals surface area contributed by atoms with Gasteiger partial charge in [-0.25, -0.2) is 9.97 Å². The van der Waals surface area contributed by atoms with Crippen LogP contribution in [0.3, 0.4) is 0 Å². The third kappa shape index (κ3) is 2.88. The second kappa shape index (κ2) is 5.75. The van der Waals surface area contributed by atoms with Crippen LogP contribution in [0.2, 0.25) is 0 Å². The van der Waals surface area contributed by atoms with Crippen molar-refractivity contribution >= 4 is 23.2 Å². The van der Waals surface area contributed by atoms with E-state index in [1.807, 2.05) is 0 Å². The highest BCUT2D eigenvalue weighted by molar-refractivity contribution is 7.80. The molecule has 1 aromatic rings. The van der Waals surface area contributed by atoms with E-state index in [4.69, 9.17) is 18.0 Å². The standard InChI is InChI=1S/C11H18N4S/c1-4-8(3)15(5-2)11-13-7-6-9(14-11)10(12)16/h6-8H,4-5H2,1-3H3,(H2,12,16). The molecule has 2 N–H and O–H groups in total. The molecule has 16 heavy (non-hydrogen) atoms. The van der Waals surface area contributed by atoms with Crippen LogP contribution in [-0.4, -0.2) is 27.5 Å². The number of aromatic nitrogens is 2. The van der Waals surface area contributed by atoms with Crippen molar-refractivity contribution in [1.29, 1.82) is 0 Å². The lowest BCUT2D eigenvalue weighted by atomic mass is 10.2. The predicted molar refractivity (Wildman–Crippen MR) is 70.7 cm³/mol. The van der Waals surface area contributed by atoms with Gasteiger partial charge in [-0.15, -0.1) is 0 Å². The van der Waals surface area contributed by atoms with Crippen molar-refractivity contribution in [2.45, 2.75) is 33.2 Å². The van der Waals surface area contributed by atoms with Crippen LogP contribution in [0.5, 0.6) is 0 Å². The number of thiocarbonyl (C=S) groups is 1. The smallest absolute Gasteiger partial charge is 0.226 e. The fourth-order valence-electron chi connectivity index (χ4n) is 1.49. The van der Waals surface area contributed by atoms with Crippen LogP contribution in [0, 0.1) is 0 Å². The van der Waals surface area contributed by atoms with Gasteiger partial charge in [0, 0.05) is 18.8 Å². The average Bonchev–Trinajstić information content (AvgIpc) is 2.30. The third-order valence-electron chi connectivity index (χ3n) is 2.62. The zero-order valence-corrected chi connectivity index (χ0v) is 10.8. The summed E-state index contributed by atoms with van der Waals surface area (Å²) in [7, 11) is 0. The third-order valence-corrected chi connectivity index (χ3v) is 2.82. The molecule has 0 aliphatic rings. The molecule has 0 saturated carbocycles. The first-order valence-corrected chi connectivity index (χ1v) is 5.90. The molecular weight excluding hydrogens is 220 g/mol. The van der Waals surface area contributed by atoms with E-state index in [1.165, 1.54) is 0 Å². The van der Waals surface area contributed by atoms with E-state index in [-0.39, 0.29) is 0 Å². The topological polar surface area (TPSA) is 55.0 Å². The Morgan fingerprint density at radius 3 is 2.75 bits per heavy atom. The molecule has 1 atom stereocenters. The summed E-state index contributed by atoms with van der Waals surface area (Å²) in [5.41, 5.74) is 6.18. The molecule has 1 unspecified atom stereocenters. The Kier molecular flexibility index (Phi) is 4.61. The lowest BCUT2D eigenvalue weighted by Crippen LogP contribution is -2.34. The summed E-state index contributed by atoms with van der Waals surface area (Å²) in [5.74, 6) is 0.696. The van der Waals surface area contributed by atoms with Crippen molar-refractivity contribution < 1.29 is 0 Å². The number of nitrogens with zero attached hydrogens (tertiary/aromatic N) is 3. The van der Waals surface area contributed by atoms with Crippen LogP contribution >= 0.6 is 12.2 Å². The molecule has 0 spiro atoms. The Hall–Kier alpha value is -1.23. The zero-order chi connectivity index (χ0) is 12.1. The minimum Gasteiger partial charge on any atom is -0.388 e. The van der Waals surface area contributed by atoms with Crippen molar-refractivity contribution in [3.8, 4) is 0 Å². The second-order valence-corrected chi connectivity index (χ2v) is 4.09. The number of nitrogens with two attached hydrogens (primary N) is 1. The van der Waals surface area contributed by atoms with Crippen LogP contribution < -0.4 is 10.6 Å². The average molecular weight is 238 g/mol. The number of hydrogen-bond donors (Lipinski definition) is 1. The van der Waals surface area contributed by atoms with E-state index >= 15 is 0 Å². The minimum atomic E-state index is 0.309. The molecule has 5 heteroatoms. The molecule has 0 bridgehead atoms. The first-order chi connectivity index (χ1) is 7.60. The van der Waals surface area contributed by atoms with Crippen LogP contribution in [0.15, 0.2) is 12.3 Å². The van der Waals surface area contributed by atoms with Gasteiger partial charge in [-0.05, 0) is 26.3 Å². The molecule has 1 rings (SSSR count). The second-order valence-electron chi connectivity index (χ2n) is 3.65. The molecule has 0 aliphatic carbocycles. The normalized spacial score (nSPS) is 12.2. The van der Waals surface area contributed by atoms with Gasteiger partial charge in [0.05, 0.1) is 0 Å². The summed E-state index contributed by atoms with van der Waals surface area (Å²) in [4.78, 5) is 11.1. The quantitative estimate of drug-likeness (QED) is 0.792. The monoisotopic (exact) mass is 238 g/mol. The molecule has 1 heterocycles. The highest BCUT2D eigenvalue weighted by Gasteiger charge is 2.14. The minimum absolute atomic E-state index is 0.309. The van der Waals surface area contributed by atoms with Crippen LogP contribution in [-0.2, 0) is 0 Å². The molecular formula is C11H18N4S. The molecule has 88 valence electrons. The molecule has 0 radical (unpaired) electrons. The van der Waals surface area contributed by atoms with Gasteiger partial charge in [0.15, 0.2) is 0 Å². The molecule has 0 aliphatic heterocycles. The molecule has 0 saturated heterocycles. The number of anilines is 1. The van der Waals surface area contributed by atoms with Crippen LogP contribution in [0.25, 0.3) is 0 Å². The van der Waals surface area contributed by atoms with Gasteiger partial charge >= 0.3 is 0 Å². The maximum absolute atomic E-state index is 5.56. The van der Waals surface area contributed by atoms with Crippen LogP contribution in [0.4, 0.5) is 5.95 Å². The van der Waals surface area contributed by atoms with Gasteiger partial charge in [-0.1, -0.05) is 19.1 Å². The van der Waals surface area contributed by atoms with Crippen molar-refractivity contribution in [3.63, 3.8) is 0 Å². The Labute approximate surface area is 102 Å². The predicted octanol–water partition coefficient (Wildman–Crippen LogP) is 1.74.